The number of aliphatic carboxylic acids is 4. The van der Waals surface area contributed by atoms with Gasteiger partial charge in [0.15, 0.2) is 0 Å². The maximum absolute atomic E-state index is 13.2. The minimum absolute atomic E-state index is 0.0296. The van der Waals surface area contributed by atoms with Crippen LogP contribution >= 0.6 is 0 Å². The fraction of sp³-hybridized carbons (Fsp3) is 0.429. The van der Waals surface area contributed by atoms with Crippen molar-refractivity contribution in [1.82, 2.24) is 14.7 Å². The number of β-amino-alcohol motifs (C(OH)–C–C–N with tert-alkyl or cyclic N) is 1. The van der Waals surface area contributed by atoms with Gasteiger partial charge in [0, 0.05) is 76.1 Å². The maximum Gasteiger partial charge on any atom is 0.414 e. The minimum atomic E-state index is -1.82. The Morgan fingerprint density at radius 1 is 0.672 bits per heavy atom. The molecule has 16 nitrogen and oxygen atoms in total. The number of hydrogen-bond acceptors (Lipinski definition) is 10. The number of benzene rings is 3. The van der Waals surface area contributed by atoms with Gasteiger partial charge in [-0.1, -0.05) is 48.5 Å². The number of ether oxygens (including phenoxy) is 1. The molecule has 2 amide bonds. The minimum Gasteiger partial charge on any atom is -0.494 e. The Hall–Kier alpha value is -5.84. The smallest absolute Gasteiger partial charge is 0.414 e. The summed E-state index contributed by atoms with van der Waals surface area (Å²) in [5.74, 6) is -6.32. The SMILES string of the molecule is O=C(O)C(=O)O.O=C(O)C(=O)O.O=C(c1ccc(OCCCCC(O)CN2CCN(Cc3ccccc3)CC2)cc1)N1CCC(N2C(=O)CCc3ccccc32)CC1. The van der Waals surface area contributed by atoms with E-state index in [2.05, 4.69) is 46.2 Å². The van der Waals surface area contributed by atoms with Crippen molar-refractivity contribution in [3.8, 4) is 5.75 Å². The number of anilines is 1. The Labute approximate surface area is 336 Å². The lowest BCUT2D eigenvalue weighted by atomic mass is 9.95. The molecule has 0 radical (unpaired) electrons. The molecule has 0 spiro atoms. The van der Waals surface area contributed by atoms with Crippen LogP contribution < -0.4 is 9.64 Å². The number of amides is 2. The molecule has 3 aromatic carbocycles. The van der Waals surface area contributed by atoms with Crippen molar-refractivity contribution in [3.63, 3.8) is 0 Å². The number of aliphatic hydroxyl groups is 1. The van der Waals surface area contributed by atoms with E-state index in [1.807, 2.05) is 52.3 Å². The van der Waals surface area contributed by atoms with Crippen LogP contribution in [0.5, 0.6) is 5.75 Å². The third-order valence-corrected chi connectivity index (χ3v) is 10.1. The van der Waals surface area contributed by atoms with E-state index in [-0.39, 0.29) is 24.0 Å². The molecule has 2 fully saturated rings. The number of rotatable bonds is 12. The number of carbonyl (C=O) groups is 6. The Kier molecular flexibility index (Phi) is 17.6. The Morgan fingerprint density at radius 2 is 1.24 bits per heavy atom. The standard InChI is InChI=1S/C38H48N4O4.2C2H2O4/c43-34(29-40-25-23-39(24-26-40)28-30-8-2-1-3-9-30)11-6-7-27-46-35-16-13-32(14-17-35)38(45)41-21-19-33(20-22-41)42-36-12-5-4-10-31(36)15-18-37(42)44;2*3-1(4)2(5)6/h1-5,8-10,12-14,16-17,33-34,43H,6-7,11,15,18-29H2;2*(H,3,4)(H,5,6). The highest BCUT2D eigenvalue weighted by Crippen LogP contribution is 2.32. The van der Waals surface area contributed by atoms with Crippen molar-refractivity contribution in [1.29, 1.82) is 0 Å². The molecule has 58 heavy (non-hydrogen) atoms. The van der Waals surface area contributed by atoms with Gasteiger partial charge >= 0.3 is 23.9 Å². The molecule has 1 unspecified atom stereocenters. The van der Waals surface area contributed by atoms with Crippen LogP contribution in [0.3, 0.4) is 0 Å². The molecule has 6 rings (SSSR count). The van der Waals surface area contributed by atoms with Gasteiger partial charge in [-0.15, -0.1) is 0 Å². The highest BCUT2D eigenvalue weighted by Gasteiger charge is 2.33. The molecule has 0 bridgehead atoms. The summed E-state index contributed by atoms with van der Waals surface area (Å²) in [6.45, 7) is 7.67. The van der Waals surface area contributed by atoms with Gasteiger partial charge in [0.2, 0.25) is 5.91 Å². The van der Waals surface area contributed by atoms with E-state index in [0.717, 1.165) is 89.2 Å². The molecule has 1 atom stereocenters. The summed E-state index contributed by atoms with van der Waals surface area (Å²) >= 11 is 0. The van der Waals surface area contributed by atoms with E-state index in [1.165, 1.54) is 11.1 Å². The van der Waals surface area contributed by atoms with Crippen LogP contribution in [-0.2, 0) is 36.9 Å². The van der Waals surface area contributed by atoms with Gasteiger partial charge in [0.05, 0.1) is 12.7 Å². The first-order valence-corrected chi connectivity index (χ1v) is 19.3. The first-order chi connectivity index (χ1) is 27.8. The molecule has 16 heteroatoms. The quantitative estimate of drug-likeness (QED) is 0.131. The summed E-state index contributed by atoms with van der Waals surface area (Å²) in [4.78, 5) is 71.2. The lowest BCUT2D eigenvalue weighted by Gasteiger charge is -2.41. The molecule has 0 aromatic heterocycles. The maximum atomic E-state index is 13.2. The van der Waals surface area contributed by atoms with Gasteiger partial charge in [0.1, 0.15) is 5.75 Å². The molecule has 312 valence electrons. The molecule has 2 saturated heterocycles. The zero-order valence-corrected chi connectivity index (χ0v) is 32.4. The molecular formula is C42H52N4O12. The molecule has 3 aliphatic heterocycles. The summed E-state index contributed by atoms with van der Waals surface area (Å²) in [5.41, 5.74) is 4.29. The van der Waals surface area contributed by atoms with Crippen LogP contribution in [0, 0.1) is 0 Å². The van der Waals surface area contributed by atoms with E-state index < -0.39 is 23.9 Å². The fourth-order valence-electron chi connectivity index (χ4n) is 7.09. The lowest BCUT2D eigenvalue weighted by Crippen LogP contribution is -2.50. The Morgan fingerprint density at radius 3 is 1.84 bits per heavy atom. The molecular weight excluding hydrogens is 752 g/mol. The second-order valence-electron chi connectivity index (χ2n) is 14.2. The average molecular weight is 805 g/mol. The average Bonchev–Trinajstić information content (AvgIpc) is 3.22. The summed E-state index contributed by atoms with van der Waals surface area (Å²) in [7, 11) is 0. The van der Waals surface area contributed by atoms with Crippen LogP contribution in [0.2, 0.25) is 0 Å². The predicted octanol–water partition coefficient (Wildman–Crippen LogP) is 3.31. The highest BCUT2D eigenvalue weighted by atomic mass is 16.5. The van der Waals surface area contributed by atoms with Crippen LogP contribution in [0.15, 0.2) is 78.9 Å². The number of carbonyl (C=O) groups excluding carboxylic acids is 2. The molecule has 3 heterocycles. The molecule has 3 aliphatic rings. The first-order valence-electron chi connectivity index (χ1n) is 19.3. The number of aliphatic hydroxyl groups excluding tert-OH is 1. The molecule has 0 saturated carbocycles. The molecule has 5 N–H and O–H groups in total. The number of aryl methyl sites for hydroxylation is 1. The Bertz CT molecular complexity index is 1780. The lowest BCUT2D eigenvalue weighted by molar-refractivity contribution is -0.159. The summed E-state index contributed by atoms with van der Waals surface area (Å²) in [6, 6.07) is 26.4. The number of likely N-dealkylation sites (tertiary alicyclic amines) is 1. The van der Waals surface area contributed by atoms with Crippen molar-refractivity contribution in [3.05, 3.63) is 95.6 Å². The zero-order chi connectivity index (χ0) is 42.0. The van der Waals surface area contributed by atoms with E-state index in [1.54, 1.807) is 0 Å². The van der Waals surface area contributed by atoms with Crippen molar-refractivity contribution in [2.24, 2.45) is 0 Å². The Balaban J connectivity index is 0.000000542. The van der Waals surface area contributed by atoms with Crippen LogP contribution in [0.25, 0.3) is 0 Å². The van der Waals surface area contributed by atoms with Crippen molar-refractivity contribution < 1.29 is 59.0 Å². The van der Waals surface area contributed by atoms with Crippen molar-refractivity contribution in [2.75, 3.05) is 57.3 Å². The number of nitrogens with zero attached hydrogens (tertiary/aromatic N) is 4. The zero-order valence-electron chi connectivity index (χ0n) is 32.4. The second kappa shape index (κ2) is 22.8. The number of piperazine rings is 1. The van der Waals surface area contributed by atoms with Gasteiger partial charge < -0.3 is 40.1 Å². The first kappa shape index (κ1) is 44.9. The fourth-order valence-corrected chi connectivity index (χ4v) is 7.09. The summed E-state index contributed by atoms with van der Waals surface area (Å²) in [6.07, 6.45) is 5.18. The van der Waals surface area contributed by atoms with Crippen molar-refractivity contribution >= 4 is 41.4 Å². The summed E-state index contributed by atoms with van der Waals surface area (Å²) in [5, 5.41) is 40.2. The number of hydrogen-bond donors (Lipinski definition) is 5. The number of unbranched alkanes of at least 4 members (excludes halogenated alkanes) is 1. The van der Waals surface area contributed by atoms with Gasteiger partial charge in [-0.05, 0) is 80.0 Å². The van der Waals surface area contributed by atoms with Gasteiger partial charge in [-0.25, -0.2) is 19.2 Å². The normalized spacial score (nSPS) is 16.4. The van der Waals surface area contributed by atoms with Gasteiger partial charge in [-0.2, -0.15) is 0 Å². The number of para-hydroxylation sites is 1. The van der Waals surface area contributed by atoms with Crippen LogP contribution in [0.1, 0.15) is 60.0 Å². The van der Waals surface area contributed by atoms with Crippen LogP contribution in [0.4, 0.5) is 5.69 Å². The summed E-state index contributed by atoms with van der Waals surface area (Å²) < 4.78 is 5.94. The molecule has 0 aliphatic carbocycles. The largest absolute Gasteiger partial charge is 0.494 e. The number of piperidine rings is 1. The number of carboxylic acids is 4. The highest BCUT2D eigenvalue weighted by molar-refractivity contribution is 6.27. The molecule has 3 aromatic rings. The third kappa shape index (κ3) is 14.3. The predicted molar refractivity (Wildman–Crippen MR) is 212 cm³/mol. The number of fused-ring (bicyclic) bond motifs is 1. The van der Waals surface area contributed by atoms with E-state index in [0.29, 0.717) is 31.7 Å². The van der Waals surface area contributed by atoms with Crippen LogP contribution in [-0.4, -0.2) is 140 Å². The van der Waals surface area contributed by atoms with E-state index in [4.69, 9.17) is 44.3 Å². The second-order valence-corrected chi connectivity index (χ2v) is 14.2. The monoisotopic (exact) mass is 804 g/mol. The van der Waals surface area contributed by atoms with E-state index in [9.17, 15) is 14.7 Å². The topological polar surface area (TPSA) is 226 Å². The van der Waals surface area contributed by atoms with E-state index >= 15 is 0 Å². The van der Waals surface area contributed by atoms with Gasteiger partial charge in [0.25, 0.3) is 5.91 Å². The number of carboxylic acid groups (broad SMARTS) is 4. The van der Waals surface area contributed by atoms with Crippen molar-refractivity contribution in [2.45, 2.75) is 63.6 Å². The third-order valence-electron chi connectivity index (χ3n) is 10.1. The van der Waals surface area contributed by atoms with Gasteiger partial charge in [-0.3, -0.25) is 19.4 Å².